The van der Waals surface area contributed by atoms with Gasteiger partial charge in [0.2, 0.25) is 0 Å². The van der Waals surface area contributed by atoms with Crippen LogP contribution in [0.3, 0.4) is 0 Å². The Morgan fingerprint density at radius 1 is 1.47 bits per heavy atom. The van der Waals surface area contributed by atoms with Crippen LogP contribution in [0, 0.1) is 5.82 Å². The second-order valence-corrected chi connectivity index (χ2v) is 3.65. The number of piperazine rings is 1. The van der Waals surface area contributed by atoms with Crippen LogP contribution in [0.2, 0.25) is 0 Å². The minimum Gasteiger partial charge on any atom is -0.360 e. The highest BCUT2D eigenvalue weighted by Gasteiger charge is 2.21. The van der Waals surface area contributed by atoms with E-state index in [0.29, 0.717) is 5.69 Å². The maximum absolute atomic E-state index is 13.6. The Morgan fingerprint density at radius 3 is 3.00 bits per heavy atom. The Labute approximate surface area is 89.4 Å². The average molecular weight is 206 g/mol. The molecule has 0 bridgehead atoms. The fraction of sp³-hybridized carbons (Fsp3) is 0.333. The molecular weight excluding hydrogens is 191 g/mol. The van der Waals surface area contributed by atoms with Gasteiger partial charge >= 0.3 is 0 Å². The lowest BCUT2D eigenvalue weighted by molar-refractivity contribution is 0.517. The molecule has 1 aromatic rings. The van der Waals surface area contributed by atoms with Gasteiger partial charge in [0.15, 0.2) is 0 Å². The van der Waals surface area contributed by atoms with Crippen LogP contribution in [0.25, 0.3) is 0 Å². The molecule has 0 aliphatic carbocycles. The quantitative estimate of drug-likeness (QED) is 0.742. The lowest BCUT2D eigenvalue weighted by atomic mass is 10.1. The van der Waals surface area contributed by atoms with Crippen LogP contribution in [-0.4, -0.2) is 25.7 Å². The molecule has 1 fully saturated rings. The summed E-state index contributed by atoms with van der Waals surface area (Å²) in [6.45, 7) is 6.32. The maximum Gasteiger partial charge on any atom is 0.146 e. The van der Waals surface area contributed by atoms with Gasteiger partial charge in [0.25, 0.3) is 0 Å². The summed E-state index contributed by atoms with van der Waals surface area (Å²) < 4.78 is 13.6. The first-order chi connectivity index (χ1) is 7.33. The van der Waals surface area contributed by atoms with Crippen molar-refractivity contribution in [2.75, 3.05) is 24.5 Å². The van der Waals surface area contributed by atoms with Gasteiger partial charge in [-0.15, -0.1) is 6.58 Å². The second kappa shape index (κ2) is 4.45. The molecule has 1 aliphatic heterocycles. The predicted molar refractivity (Wildman–Crippen MR) is 60.6 cm³/mol. The Morgan fingerprint density at radius 2 is 2.27 bits per heavy atom. The van der Waals surface area contributed by atoms with Gasteiger partial charge in [-0.3, -0.25) is 0 Å². The Hall–Kier alpha value is -1.35. The highest BCUT2D eigenvalue weighted by atomic mass is 19.1. The largest absolute Gasteiger partial charge is 0.360 e. The first-order valence-corrected chi connectivity index (χ1v) is 5.17. The molecule has 15 heavy (non-hydrogen) atoms. The number of hydrogen-bond acceptors (Lipinski definition) is 2. The first-order valence-electron chi connectivity index (χ1n) is 5.17. The number of nitrogens with zero attached hydrogens (tertiary/aromatic N) is 1. The van der Waals surface area contributed by atoms with Gasteiger partial charge in [-0.2, -0.15) is 0 Å². The molecule has 1 heterocycles. The topological polar surface area (TPSA) is 15.3 Å². The van der Waals surface area contributed by atoms with Gasteiger partial charge in [0, 0.05) is 19.6 Å². The van der Waals surface area contributed by atoms with Gasteiger partial charge in [-0.1, -0.05) is 18.2 Å². The van der Waals surface area contributed by atoms with Crippen molar-refractivity contribution < 1.29 is 4.39 Å². The Balaban J connectivity index is 2.28. The number of anilines is 1. The molecule has 0 radical (unpaired) electrons. The Kier molecular flexibility index (Phi) is 3.02. The van der Waals surface area contributed by atoms with E-state index in [-0.39, 0.29) is 11.9 Å². The van der Waals surface area contributed by atoms with E-state index in [1.54, 1.807) is 6.07 Å². The maximum atomic E-state index is 13.6. The molecule has 0 amide bonds. The number of rotatable bonds is 2. The monoisotopic (exact) mass is 206 g/mol. The van der Waals surface area contributed by atoms with Crippen LogP contribution in [0.15, 0.2) is 36.9 Å². The third kappa shape index (κ3) is 2.02. The number of halogens is 1. The van der Waals surface area contributed by atoms with Gasteiger partial charge in [0.1, 0.15) is 5.82 Å². The van der Waals surface area contributed by atoms with E-state index in [1.165, 1.54) is 6.07 Å². The molecule has 0 aromatic heterocycles. The van der Waals surface area contributed by atoms with E-state index in [0.717, 1.165) is 19.6 Å². The van der Waals surface area contributed by atoms with Crippen molar-refractivity contribution in [1.82, 2.24) is 5.32 Å². The standard InChI is InChI=1S/C12H15FN2/c1-2-10-9-14-7-8-15(10)12-6-4-3-5-11(12)13/h2-6,10,14H,1,7-9H2. The van der Waals surface area contributed by atoms with Crippen LogP contribution in [0.4, 0.5) is 10.1 Å². The molecule has 2 nitrogen and oxygen atoms in total. The van der Waals surface area contributed by atoms with E-state index in [1.807, 2.05) is 18.2 Å². The van der Waals surface area contributed by atoms with Crippen molar-refractivity contribution in [2.24, 2.45) is 0 Å². The van der Waals surface area contributed by atoms with Crippen LogP contribution in [-0.2, 0) is 0 Å². The molecule has 1 atom stereocenters. The number of nitrogens with one attached hydrogen (secondary N) is 1. The lowest BCUT2D eigenvalue weighted by Crippen LogP contribution is -2.50. The summed E-state index contributed by atoms with van der Waals surface area (Å²) in [6, 6.07) is 7.06. The summed E-state index contributed by atoms with van der Waals surface area (Å²) in [7, 11) is 0. The first kappa shape index (κ1) is 10.2. The fourth-order valence-corrected chi connectivity index (χ4v) is 1.92. The summed E-state index contributed by atoms with van der Waals surface area (Å²) >= 11 is 0. The molecule has 1 N–H and O–H groups in total. The summed E-state index contributed by atoms with van der Waals surface area (Å²) in [5.74, 6) is -0.161. The van der Waals surface area contributed by atoms with Gasteiger partial charge in [-0.25, -0.2) is 4.39 Å². The lowest BCUT2D eigenvalue weighted by Gasteiger charge is -2.36. The van der Waals surface area contributed by atoms with Gasteiger partial charge in [0.05, 0.1) is 11.7 Å². The summed E-state index contributed by atoms with van der Waals surface area (Å²) in [5.41, 5.74) is 0.670. The minimum atomic E-state index is -0.161. The molecule has 1 saturated heterocycles. The van der Waals surface area contributed by atoms with Crippen LogP contribution >= 0.6 is 0 Å². The van der Waals surface area contributed by atoms with Crippen LogP contribution in [0.5, 0.6) is 0 Å². The van der Waals surface area contributed by atoms with Crippen molar-refractivity contribution >= 4 is 5.69 Å². The van der Waals surface area contributed by atoms with Crippen molar-refractivity contribution in [3.8, 4) is 0 Å². The van der Waals surface area contributed by atoms with Gasteiger partial charge < -0.3 is 10.2 Å². The van der Waals surface area contributed by atoms with Crippen molar-refractivity contribution in [3.05, 3.63) is 42.7 Å². The SMILES string of the molecule is C=CC1CNCCN1c1ccccc1F. The van der Waals surface area contributed by atoms with Gasteiger partial charge in [-0.05, 0) is 12.1 Å². The van der Waals surface area contributed by atoms with E-state index in [9.17, 15) is 4.39 Å². The van der Waals surface area contributed by atoms with E-state index >= 15 is 0 Å². The molecule has 0 spiro atoms. The molecule has 2 rings (SSSR count). The average Bonchev–Trinajstić information content (AvgIpc) is 2.30. The van der Waals surface area contributed by atoms with Crippen LogP contribution < -0.4 is 10.2 Å². The molecule has 1 aromatic carbocycles. The molecular formula is C12H15FN2. The summed E-state index contributed by atoms with van der Waals surface area (Å²) in [4.78, 5) is 2.05. The number of para-hydroxylation sites is 1. The molecule has 1 aliphatic rings. The third-order valence-electron chi connectivity index (χ3n) is 2.72. The fourth-order valence-electron chi connectivity index (χ4n) is 1.92. The smallest absolute Gasteiger partial charge is 0.146 e. The van der Waals surface area contributed by atoms with E-state index in [2.05, 4.69) is 16.8 Å². The second-order valence-electron chi connectivity index (χ2n) is 3.65. The van der Waals surface area contributed by atoms with E-state index < -0.39 is 0 Å². The van der Waals surface area contributed by atoms with Crippen molar-refractivity contribution in [1.29, 1.82) is 0 Å². The normalized spacial score (nSPS) is 21.4. The minimum absolute atomic E-state index is 0.161. The molecule has 1 unspecified atom stereocenters. The molecule has 0 saturated carbocycles. The highest BCUT2D eigenvalue weighted by Crippen LogP contribution is 2.22. The van der Waals surface area contributed by atoms with E-state index in [4.69, 9.17) is 0 Å². The Bertz CT molecular complexity index is 351. The predicted octanol–water partition coefficient (Wildman–Crippen LogP) is 1.79. The third-order valence-corrected chi connectivity index (χ3v) is 2.72. The van der Waals surface area contributed by atoms with Crippen molar-refractivity contribution in [3.63, 3.8) is 0 Å². The number of hydrogen-bond donors (Lipinski definition) is 1. The summed E-state index contributed by atoms with van der Waals surface area (Å²) in [5, 5.41) is 3.27. The zero-order chi connectivity index (χ0) is 10.7. The number of benzene rings is 1. The molecule has 3 heteroatoms. The van der Waals surface area contributed by atoms with Crippen LogP contribution in [0.1, 0.15) is 0 Å². The summed E-state index contributed by atoms with van der Waals surface area (Å²) in [6.07, 6.45) is 1.86. The highest BCUT2D eigenvalue weighted by molar-refractivity contribution is 5.50. The zero-order valence-corrected chi connectivity index (χ0v) is 8.62. The zero-order valence-electron chi connectivity index (χ0n) is 8.62. The van der Waals surface area contributed by atoms with Crippen molar-refractivity contribution in [2.45, 2.75) is 6.04 Å². The molecule has 80 valence electrons.